The summed E-state index contributed by atoms with van der Waals surface area (Å²) in [5, 5.41) is 13.6. The SMILES string of the molecule is C1=CC(C2NC(c3ccccc3)=NC(c3ccc4c(c3)oc3cccc(-c5ccc6sc7c(c6c5)CC(n5c6ccccc6c6ccccc65)C=C7)c34)N2)=CC1. The lowest BCUT2D eigenvalue weighted by Crippen LogP contribution is -2.51. The number of benzene rings is 6. The highest BCUT2D eigenvalue weighted by atomic mass is 32.1. The summed E-state index contributed by atoms with van der Waals surface area (Å²) in [4.78, 5) is 6.54. The zero-order chi connectivity index (χ0) is 36.7. The number of rotatable bonds is 5. The number of hydrogen-bond donors (Lipinski definition) is 2. The summed E-state index contributed by atoms with van der Waals surface area (Å²) < 4.78 is 10.5. The summed E-state index contributed by atoms with van der Waals surface area (Å²) in [6.07, 6.45) is 13.0. The van der Waals surface area contributed by atoms with Gasteiger partial charge in [-0.25, -0.2) is 4.99 Å². The van der Waals surface area contributed by atoms with Crippen molar-refractivity contribution in [2.45, 2.75) is 31.2 Å². The van der Waals surface area contributed by atoms with Crippen LogP contribution in [0.5, 0.6) is 0 Å². The summed E-state index contributed by atoms with van der Waals surface area (Å²) in [6, 6.07) is 48.3. The van der Waals surface area contributed by atoms with E-state index >= 15 is 0 Å². The molecule has 56 heavy (non-hydrogen) atoms. The highest BCUT2D eigenvalue weighted by molar-refractivity contribution is 7.20. The van der Waals surface area contributed by atoms with E-state index in [-0.39, 0.29) is 18.4 Å². The Kier molecular flexibility index (Phi) is 7.13. The van der Waals surface area contributed by atoms with Crippen LogP contribution in [0.1, 0.15) is 40.2 Å². The number of nitrogens with zero attached hydrogens (tertiary/aromatic N) is 2. The fourth-order valence-electron chi connectivity index (χ4n) is 9.23. The van der Waals surface area contributed by atoms with E-state index in [9.17, 15) is 0 Å². The van der Waals surface area contributed by atoms with Gasteiger partial charge in [0.25, 0.3) is 0 Å². The molecule has 4 heterocycles. The van der Waals surface area contributed by atoms with Gasteiger partial charge in [-0.05, 0) is 88.5 Å². The van der Waals surface area contributed by atoms with Crippen molar-refractivity contribution in [3.63, 3.8) is 0 Å². The number of aliphatic imine (C=N–C) groups is 1. The Bertz CT molecular complexity index is 3120. The maximum Gasteiger partial charge on any atom is 0.136 e. The van der Waals surface area contributed by atoms with Gasteiger partial charge < -0.3 is 14.3 Å². The van der Waals surface area contributed by atoms with Gasteiger partial charge in [0.1, 0.15) is 29.3 Å². The molecule has 3 aliphatic rings. The third-order valence-corrected chi connectivity index (χ3v) is 13.0. The largest absolute Gasteiger partial charge is 0.456 e. The Balaban J connectivity index is 0.927. The highest BCUT2D eigenvalue weighted by Gasteiger charge is 2.28. The lowest BCUT2D eigenvalue weighted by atomic mass is 9.93. The smallest absolute Gasteiger partial charge is 0.136 e. The van der Waals surface area contributed by atoms with E-state index in [0.717, 1.165) is 51.7 Å². The predicted molar refractivity (Wildman–Crippen MR) is 233 cm³/mol. The van der Waals surface area contributed by atoms with Gasteiger partial charge in [-0.15, -0.1) is 11.3 Å². The maximum absolute atomic E-state index is 6.65. The van der Waals surface area contributed by atoms with Gasteiger partial charge in [0.15, 0.2) is 0 Å². The molecule has 0 saturated carbocycles. The van der Waals surface area contributed by atoms with Crippen molar-refractivity contribution in [1.29, 1.82) is 0 Å². The van der Waals surface area contributed by atoms with Crippen LogP contribution in [0.15, 0.2) is 173 Å². The molecular formula is C50H36N4OS. The molecule has 2 aliphatic carbocycles. The molecule has 268 valence electrons. The molecule has 6 aromatic carbocycles. The number of nitrogens with one attached hydrogen (secondary N) is 2. The quantitative estimate of drug-likeness (QED) is 0.185. The molecule has 6 heteroatoms. The van der Waals surface area contributed by atoms with Crippen LogP contribution in [-0.4, -0.2) is 16.6 Å². The molecule has 3 aromatic heterocycles. The molecule has 0 spiro atoms. The Hall–Kier alpha value is -6.47. The minimum absolute atomic E-state index is 0.0464. The van der Waals surface area contributed by atoms with Crippen LogP contribution in [0, 0.1) is 0 Å². The van der Waals surface area contributed by atoms with Gasteiger partial charge in [-0.2, -0.15) is 0 Å². The summed E-state index contributed by atoms with van der Waals surface area (Å²) in [7, 11) is 0. The number of aromatic nitrogens is 1. The topological polar surface area (TPSA) is 54.5 Å². The van der Waals surface area contributed by atoms with E-state index in [1.165, 1.54) is 59.0 Å². The minimum Gasteiger partial charge on any atom is -0.456 e. The standard InChI is InChI=1S/C50H36N4OS/c1-2-11-30(12-3-1)48-51-49(31-13-4-5-14-31)53-50(52-48)33-21-24-38-44(28-33)55-43-20-10-17-35(47(38)43)32-22-25-45-39(27-32)40-29-34(23-26-46(40)56-45)54-41-18-8-6-15-36(41)37-16-7-9-19-42(37)54/h1-4,6-28,34,49-50,53H,5,29H2,(H,51,52). The number of allylic oxidation sites excluding steroid dienone is 3. The molecule has 9 aromatic rings. The first-order valence-electron chi connectivity index (χ1n) is 19.4. The van der Waals surface area contributed by atoms with Crippen molar-refractivity contribution in [3.05, 3.63) is 185 Å². The third kappa shape index (κ3) is 5.00. The van der Waals surface area contributed by atoms with Crippen LogP contribution in [0.3, 0.4) is 0 Å². The van der Waals surface area contributed by atoms with Gasteiger partial charge in [-0.3, -0.25) is 5.32 Å². The van der Waals surface area contributed by atoms with E-state index in [2.05, 4.69) is 173 Å². The molecule has 0 radical (unpaired) electrons. The van der Waals surface area contributed by atoms with E-state index in [4.69, 9.17) is 9.41 Å². The first kappa shape index (κ1) is 31.8. The summed E-state index contributed by atoms with van der Waals surface area (Å²) in [6.45, 7) is 0. The Morgan fingerprint density at radius 1 is 0.696 bits per heavy atom. The van der Waals surface area contributed by atoms with Crippen LogP contribution >= 0.6 is 11.3 Å². The monoisotopic (exact) mass is 740 g/mol. The molecule has 0 bridgehead atoms. The molecule has 0 fully saturated rings. The third-order valence-electron chi connectivity index (χ3n) is 11.8. The fraction of sp³-hybridized carbons (Fsp3) is 0.100. The molecular weight excluding hydrogens is 705 g/mol. The molecule has 0 saturated heterocycles. The Labute approximate surface area is 327 Å². The Morgan fingerprint density at radius 2 is 1.52 bits per heavy atom. The molecule has 3 atom stereocenters. The lowest BCUT2D eigenvalue weighted by Gasteiger charge is -2.32. The minimum atomic E-state index is -0.240. The highest BCUT2D eigenvalue weighted by Crippen LogP contribution is 2.44. The van der Waals surface area contributed by atoms with E-state index in [1.54, 1.807) is 0 Å². The fourth-order valence-corrected chi connectivity index (χ4v) is 10.4. The van der Waals surface area contributed by atoms with Crippen LogP contribution in [-0.2, 0) is 6.42 Å². The molecule has 1 aliphatic heterocycles. The van der Waals surface area contributed by atoms with Crippen molar-refractivity contribution >= 4 is 77.1 Å². The summed E-state index contributed by atoms with van der Waals surface area (Å²) in [5.74, 6) is 0.885. The van der Waals surface area contributed by atoms with Crippen LogP contribution in [0.4, 0.5) is 0 Å². The van der Waals surface area contributed by atoms with Gasteiger partial charge in [0.05, 0.1) is 6.04 Å². The summed E-state index contributed by atoms with van der Waals surface area (Å²) in [5.41, 5.74) is 11.5. The Morgan fingerprint density at radius 3 is 2.34 bits per heavy atom. The zero-order valence-electron chi connectivity index (χ0n) is 30.4. The van der Waals surface area contributed by atoms with Crippen molar-refractivity contribution < 1.29 is 4.42 Å². The first-order valence-corrected chi connectivity index (χ1v) is 20.2. The van der Waals surface area contributed by atoms with Gasteiger partial charge >= 0.3 is 0 Å². The first-order chi connectivity index (χ1) is 27.7. The second kappa shape index (κ2) is 12.5. The normalized spacial score (nSPS) is 19.2. The van der Waals surface area contributed by atoms with Crippen LogP contribution in [0.2, 0.25) is 0 Å². The second-order valence-corrected chi connectivity index (χ2v) is 16.1. The van der Waals surface area contributed by atoms with E-state index in [0.29, 0.717) is 0 Å². The van der Waals surface area contributed by atoms with Crippen LogP contribution < -0.4 is 10.6 Å². The number of para-hydroxylation sites is 2. The number of fused-ring (bicyclic) bond motifs is 9. The van der Waals surface area contributed by atoms with Crippen molar-refractivity contribution in [2.75, 3.05) is 0 Å². The number of furan rings is 1. The second-order valence-electron chi connectivity index (χ2n) is 15.1. The van der Waals surface area contributed by atoms with Crippen molar-refractivity contribution in [1.82, 2.24) is 15.2 Å². The number of hydrogen-bond acceptors (Lipinski definition) is 5. The molecule has 2 N–H and O–H groups in total. The molecule has 3 unspecified atom stereocenters. The zero-order valence-corrected chi connectivity index (χ0v) is 31.3. The average Bonchev–Trinajstić information content (AvgIpc) is 4.07. The number of thiophene rings is 1. The lowest BCUT2D eigenvalue weighted by molar-refractivity contribution is 0.442. The van der Waals surface area contributed by atoms with Gasteiger partial charge in [-0.1, -0.05) is 121 Å². The van der Waals surface area contributed by atoms with Crippen molar-refractivity contribution in [2.24, 2.45) is 4.99 Å². The molecule has 5 nitrogen and oxygen atoms in total. The molecule has 0 amide bonds. The number of amidine groups is 1. The predicted octanol–water partition coefficient (Wildman–Crippen LogP) is 12.2. The average molecular weight is 741 g/mol. The van der Waals surface area contributed by atoms with E-state index in [1.807, 2.05) is 17.4 Å². The maximum atomic E-state index is 6.65. The van der Waals surface area contributed by atoms with E-state index < -0.39 is 0 Å². The summed E-state index contributed by atoms with van der Waals surface area (Å²) >= 11 is 1.90. The van der Waals surface area contributed by atoms with Crippen LogP contribution in [0.25, 0.3) is 71.0 Å². The van der Waals surface area contributed by atoms with Gasteiger partial charge in [0.2, 0.25) is 0 Å². The molecule has 12 rings (SSSR count). The van der Waals surface area contributed by atoms with Gasteiger partial charge in [0, 0.05) is 47.7 Å². The van der Waals surface area contributed by atoms with Crippen molar-refractivity contribution in [3.8, 4) is 11.1 Å².